The van der Waals surface area contributed by atoms with E-state index in [1.807, 2.05) is 0 Å². The Morgan fingerprint density at radius 2 is 2.12 bits per heavy atom. The first-order valence-corrected chi connectivity index (χ1v) is 4.76. The fourth-order valence-corrected chi connectivity index (χ4v) is 1.63. The van der Waals surface area contributed by atoms with Gasteiger partial charge in [-0.25, -0.2) is 25.0 Å². The van der Waals surface area contributed by atoms with E-state index in [1.165, 1.54) is 12.6 Å². The van der Waals surface area contributed by atoms with Gasteiger partial charge in [0, 0.05) is 5.27 Å². The molecule has 0 radical (unpaired) electrons. The molecule has 0 aromatic carbocycles. The lowest BCUT2D eigenvalue weighted by atomic mass is 10.3. The molecule has 0 saturated carbocycles. The molecule has 2 aromatic heterocycles. The van der Waals surface area contributed by atoms with E-state index in [4.69, 9.17) is 0 Å². The summed E-state index contributed by atoms with van der Waals surface area (Å²) in [6, 6.07) is 0. The Morgan fingerprint density at radius 3 is 3.00 bits per heavy atom. The molecule has 8 heteroatoms. The number of amidine groups is 1. The zero-order chi connectivity index (χ0) is 11.2. The van der Waals surface area contributed by atoms with E-state index < -0.39 is 0 Å². The van der Waals surface area contributed by atoms with Crippen molar-refractivity contribution in [2.75, 3.05) is 0 Å². The predicted molar refractivity (Wildman–Crippen MR) is 55.2 cm³/mol. The van der Waals surface area contributed by atoms with Gasteiger partial charge in [-0.15, -0.1) is 5.10 Å². The first-order chi connectivity index (χ1) is 8.42. The van der Waals surface area contributed by atoms with Crippen LogP contribution in [0.15, 0.2) is 37.0 Å². The summed E-state index contributed by atoms with van der Waals surface area (Å²) in [4.78, 5) is 20.9. The molecule has 0 N–H and O–H groups in total. The van der Waals surface area contributed by atoms with Gasteiger partial charge in [-0.2, -0.15) is 0 Å². The molecule has 0 fully saturated rings. The van der Waals surface area contributed by atoms with Crippen molar-refractivity contribution in [1.82, 2.24) is 15.4 Å². The second-order valence-corrected chi connectivity index (χ2v) is 3.38. The summed E-state index contributed by atoms with van der Waals surface area (Å²) in [5.41, 5.74) is 2.27. The van der Waals surface area contributed by atoms with Crippen LogP contribution in [0.2, 0.25) is 0 Å². The van der Waals surface area contributed by atoms with Crippen LogP contribution in [0.4, 0.5) is 11.4 Å². The predicted octanol–water partition coefficient (Wildman–Crippen LogP) is -0.531. The van der Waals surface area contributed by atoms with E-state index >= 15 is 0 Å². The molecule has 80 valence electrons. The summed E-state index contributed by atoms with van der Waals surface area (Å²) in [6.07, 6.45) is 4.46. The van der Waals surface area contributed by atoms with Gasteiger partial charge in [0.2, 0.25) is 0 Å². The molecule has 8 nitrogen and oxygen atoms in total. The number of fused-ring (bicyclic) bond motifs is 3. The van der Waals surface area contributed by atoms with E-state index in [2.05, 4.69) is 39.8 Å². The first kappa shape index (κ1) is 8.39. The Kier molecular flexibility index (Phi) is 1.42. The number of pyridine rings is 1. The van der Waals surface area contributed by atoms with Crippen molar-refractivity contribution in [1.29, 1.82) is 0 Å². The highest BCUT2D eigenvalue weighted by atomic mass is 16.5. The average molecular weight is 225 g/mol. The Hall–Kier alpha value is -2.77. The van der Waals surface area contributed by atoms with Gasteiger partial charge in [0.1, 0.15) is 23.1 Å². The maximum Gasteiger partial charge on any atom is 0.186 e. The van der Waals surface area contributed by atoms with E-state index in [0.717, 1.165) is 0 Å². The van der Waals surface area contributed by atoms with Crippen molar-refractivity contribution in [2.45, 2.75) is 0 Å². The number of aromatic nitrogens is 3. The normalized spacial score (nSPS) is 14.9. The molecule has 0 unspecified atom stereocenters. The molecule has 0 atom stereocenters. The lowest BCUT2D eigenvalue weighted by Gasteiger charge is -1.91. The van der Waals surface area contributed by atoms with Crippen LogP contribution in [0.25, 0.3) is 0 Å². The molecule has 2 aromatic rings. The molecular formula is C9H3N7O. The SMILES string of the molecule is C1=Nc2c3c(ncc2=N1)=NC(c1conn1)=N3. The Balaban J connectivity index is 1.99. The van der Waals surface area contributed by atoms with Crippen molar-refractivity contribution in [2.24, 2.45) is 20.0 Å². The summed E-state index contributed by atoms with van der Waals surface area (Å²) >= 11 is 0. The van der Waals surface area contributed by atoms with Crippen LogP contribution in [-0.2, 0) is 0 Å². The van der Waals surface area contributed by atoms with Crippen LogP contribution >= 0.6 is 0 Å². The lowest BCUT2D eigenvalue weighted by molar-refractivity contribution is 0.393. The third-order valence-electron chi connectivity index (χ3n) is 2.39. The molecule has 4 rings (SSSR count). The van der Waals surface area contributed by atoms with Crippen molar-refractivity contribution in [3.05, 3.63) is 29.0 Å². The molecule has 0 amide bonds. The molecule has 0 bridgehead atoms. The zero-order valence-corrected chi connectivity index (χ0v) is 8.27. The second-order valence-electron chi connectivity index (χ2n) is 3.38. The fourth-order valence-electron chi connectivity index (χ4n) is 1.63. The number of nitrogens with zero attached hydrogens (tertiary/aromatic N) is 7. The molecule has 4 heterocycles. The van der Waals surface area contributed by atoms with Crippen LogP contribution < -0.4 is 10.8 Å². The monoisotopic (exact) mass is 225 g/mol. The minimum atomic E-state index is 0.421. The van der Waals surface area contributed by atoms with Gasteiger partial charge in [0.25, 0.3) is 0 Å². The van der Waals surface area contributed by atoms with Crippen molar-refractivity contribution < 1.29 is 4.52 Å². The summed E-state index contributed by atoms with van der Waals surface area (Å²) in [7, 11) is 0. The molecule has 0 spiro atoms. The van der Waals surface area contributed by atoms with Gasteiger partial charge in [-0.3, -0.25) is 0 Å². The smallest absolute Gasteiger partial charge is 0.186 e. The van der Waals surface area contributed by atoms with E-state index in [9.17, 15) is 0 Å². The highest BCUT2D eigenvalue weighted by Crippen LogP contribution is 2.23. The highest BCUT2D eigenvalue weighted by molar-refractivity contribution is 6.01. The first-order valence-electron chi connectivity index (χ1n) is 4.76. The molecule has 0 saturated heterocycles. The number of hydrogen-bond acceptors (Lipinski definition) is 8. The minimum absolute atomic E-state index is 0.421. The lowest BCUT2D eigenvalue weighted by Crippen LogP contribution is -2.12. The average Bonchev–Trinajstić information content (AvgIpc) is 3.08. The standard InChI is InChI=1S/C9H3N7O/c1-4-6(12-3-11-4)7-9(10-1)14-8(13-7)5-2-17-16-15-5/h1-3H. The number of rotatable bonds is 1. The third kappa shape index (κ3) is 1.08. The molecule has 17 heavy (non-hydrogen) atoms. The van der Waals surface area contributed by atoms with Crippen LogP contribution in [0.1, 0.15) is 5.69 Å². The summed E-state index contributed by atoms with van der Waals surface area (Å²) in [5, 5.41) is 7.81. The third-order valence-corrected chi connectivity index (χ3v) is 2.39. The minimum Gasteiger partial charge on any atom is -0.345 e. The topological polar surface area (TPSA) is 101 Å². The van der Waals surface area contributed by atoms with E-state index in [-0.39, 0.29) is 0 Å². The fraction of sp³-hybridized carbons (Fsp3) is 0. The van der Waals surface area contributed by atoms with E-state index in [1.54, 1.807) is 6.20 Å². The van der Waals surface area contributed by atoms with Gasteiger partial charge in [-0.05, 0) is 0 Å². The number of hydrogen-bond donors (Lipinski definition) is 0. The highest BCUT2D eigenvalue weighted by Gasteiger charge is 2.19. The largest absolute Gasteiger partial charge is 0.345 e. The van der Waals surface area contributed by atoms with Crippen molar-refractivity contribution in [3.8, 4) is 0 Å². The maximum atomic E-state index is 4.65. The van der Waals surface area contributed by atoms with Gasteiger partial charge in [0.05, 0.1) is 6.20 Å². The maximum absolute atomic E-state index is 4.65. The van der Waals surface area contributed by atoms with Crippen molar-refractivity contribution >= 4 is 23.5 Å². The van der Waals surface area contributed by atoms with Gasteiger partial charge < -0.3 is 4.52 Å². The summed E-state index contributed by atoms with van der Waals surface area (Å²) in [5.74, 6) is 0.421. The van der Waals surface area contributed by atoms with Crippen LogP contribution in [0, 0.1) is 0 Å². The Labute approximate surface area is 93.2 Å². The summed E-state index contributed by atoms with van der Waals surface area (Å²) in [6.45, 7) is 0. The zero-order valence-electron chi connectivity index (χ0n) is 8.27. The van der Waals surface area contributed by atoms with Gasteiger partial charge in [-0.1, -0.05) is 0 Å². The van der Waals surface area contributed by atoms with E-state index in [0.29, 0.717) is 33.7 Å². The van der Waals surface area contributed by atoms with Crippen molar-refractivity contribution in [3.63, 3.8) is 0 Å². The van der Waals surface area contributed by atoms with Crippen LogP contribution in [0.5, 0.6) is 0 Å². The quantitative estimate of drug-likeness (QED) is 0.650. The van der Waals surface area contributed by atoms with Crippen LogP contribution in [0.3, 0.4) is 0 Å². The Bertz CT molecular complexity index is 787. The molecular weight excluding hydrogens is 222 g/mol. The Morgan fingerprint density at radius 1 is 1.12 bits per heavy atom. The van der Waals surface area contributed by atoms with Gasteiger partial charge in [0.15, 0.2) is 23.3 Å². The molecule has 0 aliphatic carbocycles. The number of aliphatic imine (C=N–C) groups is 2. The molecule has 2 aliphatic heterocycles. The second kappa shape index (κ2) is 2.88. The molecule has 2 aliphatic rings. The summed E-state index contributed by atoms with van der Waals surface area (Å²) < 4.78 is 4.65. The van der Waals surface area contributed by atoms with Gasteiger partial charge >= 0.3 is 0 Å². The van der Waals surface area contributed by atoms with Crippen LogP contribution in [-0.4, -0.2) is 27.5 Å².